The van der Waals surface area contributed by atoms with E-state index in [4.69, 9.17) is 14.6 Å². The number of aromatic nitrogens is 3. The molecule has 1 N–H and O–H groups in total. The summed E-state index contributed by atoms with van der Waals surface area (Å²) in [6.45, 7) is -0.0938. The van der Waals surface area contributed by atoms with Crippen LogP contribution in [-0.4, -0.2) is 38.6 Å². The molecule has 1 fully saturated rings. The minimum Gasteiger partial charge on any atom is -0.391 e. The molecule has 0 unspecified atom stereocenters. The zero-order chi connectivity index (χ0) is 16.7. The molecule has 8 heteroatoms. The van der Waals surface area contributed by atoms with Crippen LogP contribution in [0.1, 0.15) is 6.23 Å². The highest BCUT2D eigenvalue weighted by Crippen LogP contribution is 2.21. The zero-order valence-electron chi connectivity index (χ0n) is 12.5. The lowest BCUT2D eigenvalue weighted by atomic mass is 10.2. The van der Waals surface area contributed by atoms with Crippen LogP contribution in [0, 0.1) is 5.82 Å². The number of aliphatic hydroxyl groups excluding tert-OH is 1. The van der Waals surface area contributed by atoms with Crippen molar-refractivity contribution in [3.05, 3.63) is 59.0 Å². The Hall–Kier alpha value is -2.55. The first-order chi connectivity index (χ1) is 11.7. The van der Waals surface area contributed by atoms with Gasteiger partial charge < -0.3 is 14.6 Å². The summed E-state index contributed by atoms with van der Waals surface area (Å²) in [5, 5.41) is 9.04. The maximum Gasteiger partial charge on any atom is 0.336 e. The Bertz CT molecular complexity index is 935. The largest absolute Gasteiger partial charge is 0.391 e. The molecule has 0 aliphatic carbocycles. The van der Waals surface area contributed by atoms with Crippen LogP contribution < -0.4 is 5.69 Å². The number of hydrogen-bond acceptors (Lipinski definition) is 5. The van der Waals surface area contributed by atoms with Crippen LogP contribution in [0.5, 0.6) is 0 Å². The molecular formula is C16H14FN3O4. The number of aliphatic hydroxyl groups is 1. The molecule has 3 heterocycles. The van der Waals surface area contributed by atoms with Crippen molar-refractivity contribution >= 4 is 5.65 Å². The summed E-state index contributed by atoms with van der Waals surface area (Å²) in [5.74, 6) is -0.332. The van der Waals surface area contributed by atoms with Gasteiger partial charge in [-0.2, -0.15) is 0 Å². The van der Waals surface area contributed by atoms with Gasteiger partial charge in [-0.25, -0.2) is 14.2 Å². The van der Waals surface area contributed by atoms with Crippen molar-refractivity contribution in [3.63, 3.8) is 0 Å². The molecule has 24 heavy (non-hydrogen) atoms. The molecule has 124 valence electrons. The second-order valence-electron chi connectivity index (χ2n) is 5.40. The van der Waals surface area contributed by atoms with Crippen molar-refractivity contribution in [2.75, 3.05) is 13.2 Å². The average Bonchev–Trinajstić information content (AvgIpc) is 3.23. The third kappa shape index (κ3) is 2.50. The number of imidazole rings is 1. The highest BCUT2D eigenvalue weighted by molar-refractivity contribution is 5.62. The number of fused-ring (bicyclic) bond motifs is 1. The van der Waals surface area contributed by atoms with Gasteiger partial charge in [-0.3, -0.25) is 8.97 Å². The maximum absolute atomic E-state index is 13.0. The Morgan fingerprint density at radius 1 is 1.29 bits per heavy atom. The van der Waals surface area contributed by atoms with Gasteiger partial charge in [0.25, 0.3) is 0 Å². The van der Waals surface area contributed by atoms with E-state index in [1.165, 1.54) is 21.1 Å². The summed E-state index contributed by atoms with van der Waals surface area (Å²) in [4.78, 5) is 17.0. The molecule has 3 aromatic rings. The summed E-state index contributed by atoms with van der Waals surface area (Å²) >= 11 is 0. The second-order valence-corrected chi connectivity index (χ2v) is 5.40. The quantitative estimate of drug-likeness (QED) is 0.779. The summed E-state index contributed by atoms with van der Waals surface area (Å²) < 4.78 is 26.5. The highest BCUT2D eigenvalue weighted by atomic mass is 19.1. The van der Waals surface area contributed by atoms with Crippen molar-refractivity contribution in [2.45, 2.75) is 12.5 Å². The molecule has 2 aromatic heterocycles. The molecule has 1 aromatic carbocycles. The summed E-state index contributed by atoms with van der Waals surface area (Å²) in [6, 6.07) is 7.58. The zero-order valence-corrected chi connectivity index (χ0v) is 12.5. The lowest BCUT2D eigenvalue weighted by Crippen LogP contribution is -2.30. The van der Waals surface area contributed by atoms with Crippen LogP contribution in [0.15, 0.2) is 47.5 Å². The van der Waals surface area contributed by atoms with Crippen molar-refractivity contribution < 1.29 is 19.0 Å². The van der Waals surface area contributed by atoms with Crippen molar-refractivity contribution in [2.24, 2.45) is 0 Å². The monoisotopic (exact) mass is 331 g/mol. The van der Waals surface area contributed by atoms with Crippen molar-refractivity contribution in [1.29, 1.82) is 0 Å². The van der Waals surface area contributed by atoms with E-state index in [0.717, 1.165) is 0 Å². The second kappa shape index (κ2) is 5.82. The lowest BCUT2D eigenvalue weighted by Gasteiger charge is -2.12. The van der Waals surface area contributed by atoms with E-state index in [9.17, 15) is 9.18 Å². The van der Waals surface area contributed by atoms with Crippen LogP contribution in [0.2, 0.25) is 0 Å². The summed E-state index contributed by atoms with van der Waals surface area (Å²) in [6.07, 6.45) is 1.85. The number of nitrogens with zero attached hydrogens (tertiary/aromatic N) is 3. The van der Waals surface area contributed by atoms with E-state index >= 15 is 0 Å². The Morgan fingerprint density at radius 2 is 2.08 bits per heavy atom. The van der Waals surface area contributed by atoms with Gasteiger partial charge in [0.05, 0.1) is 18.9 Å². The third-order valence-electron chi connectivity index (χ3n) is 3.88. The summed E-state index contributed by atoms with van der Waals surface area (Å²) in [5.41, 5.74) is 1.43. The molecule has 4 rings (SSSR count). The lowest BCUT2D eigenvalue weighted by molar-refractivity contribution is -0.0993. The number of benzene rings is 1. The van der Waals surface area contributed by atoms with Gasteiger partial charge in [0.2, 0.25) is 0 Å². The first kappa shape index (κ1) is 15.0. The molecule has 1 saturated heterocycles. The number of ether oxygens (including phenoxy) is 2. The predicted octanol–water partition coefficient (Wildman–Crippen LogP) is 1.17. The highest BCUT2D eigenvalue weighted by Gasteiger charge is 2.27. The Morgan fingerprint density at radius 3 is 2.79 bits per heavy atom. The van der Waals surface area contributed by atoms with E-state index in [1.54, 1.807) is 30.6 Å². The number of rotatable bonds is 3. The third-order valence-corrected chi connectivity index (χ3v) is 3.88. The molecule has 0 amide bonds. The normalized spacial score (nSPS) is 20.8. The topological polar surface area (TPSA) is 78.0 Å². The number of hydrogen-bond donors (Lipinski definition) is 1. The van der Waals surface area contributed by atoms with E-state index in [0.29, 0.717) is 16.9 Å². The first-order valence-corrected chi connectivity index (χ1v) is 7.40. The fourth-order valence-electron chi connectivity index (χ4n) is 2.66. The van der Waals surface area contributed by atoms with Gasteiger partial charge in [-0.1, -0.05) is 0 Å². The molecule has 0 radical (unpaired) electrons. The van der Waals surface area contributed by atoms with Crippen LogP contribution >= 0.6 is 0 Å². The van der Waals surface area contributed by atoms with Gasteiger partial charge in [0.1, 0.15) is 11.5 Å². The Kier molecular flexibility index (Phi) is 3.64. The maximum atomic E-state index is 13.0. The molecule has 1 aliphatic heterocycles. The average molecular weight is 331 g/mol. The first-order valence-electron chi connectivity index (χ1n) is 7.40. The molecule has 7 nitrogen and oxygen atoms in total. The molecule has 1 aliphatic rings. The molecule has 0 saturated carbocycles. The van der Waals surface area contributed by atoms with Gasteiger partial charge in [-0.05, 0) is 30.3 Å². The van der Waals surface area contributed by atoms with Crippen LogP contribution in [0.3, 0.4) is 0 Å². The SMILES string of the molecule is O=c1n([C@@H]2CO[C@H](CO)O2)ccc2nc(-c3ccc(F)cc3)cn12. The van der Waals surface area contributed by atoms with E-state index in [-0.39, 0.29) is 24.7 Å². The predicted molar refractivity (Wildman–Crippen MR) is 81.8 cm³/mol. The smallest absolute Gasteiger partial charge is 0.336 e. The van der Waals surface area contributed by atoms with Gasteiger partial charge >= 0.3 is 5.69 Å². The fraction of sp³-hybridized carbons (Fsp3) is 0.250. The van der Waals surface area contributed by atoms with E-state index in [1.807, 2.05) is 0 Å². The van der Waals surface area contributed by atoms with E-state index < -0.39 is 12.5 Å². The van der Waals surface area contributed by atoms with Crippen LogP contribution in [0.4, 0.5) is 4.39 Å². The van der Waals surface area contributed by atoms with E-state index in [2.05, 4.69) is 4.98 Å². The molecule has 2 atom stereocenters. The van der Waals surface area contributed by atoms with Gasteiger partial charge in [0.15, 0.2) is 12.5 Å². The van der Waals surface area contributed by atoms with Crippen LogP contribution in [-0.2, 0) is 9.47 Å². The Labute approximate surface area is 135 Å². The standard InChI is InChI=1S/C16H14FN3O4/c17-11-3-1-10(2-4-11)12-7-20-13(18-12)5-6-19(16(20)22)14-9-23-15(8-21)24-14/h1-7,14-15,21H,8-9H2/t14-,15-/m0/s1. The molecule has 0 spiro atoms. The van der Waals surface area contributed by atoms with Crippen molar-refractivity contribution in [3.8, 4) is 11.3 Å². The minimum absolute atomic E-state index is 0.177. The van der Waals surface area contributed by atoms with Gasteiger partial charge in [0, 0.05) is 18.0 Å². The number of halogens is 1. The van der Waals surface area contributed by atoms with Crippen molar-refractivity contribution in [1.82, 2.24) is 14.0 Å². The molecule has 0 bridgehead atoms. The van der Waals surface area contributed by atoms with Crippen LogP contribution in [0.25, 0.3) is 16.9 Å². The Balaban J connectivity index is 1.74. The summed E-state index contributed by atoms with van der Waals surface area (Å²) in [7, 11) is 0. The fourth-order valence-corrected chi connectivity index (χ4v) is 2.66. The molecular weight excluding hydrogens is 317 g/mol. The van der Waals surface area contributed by atoms with Gasteiger partial charge in [-0.15, -0.1) is 0 Å². The minimum atomic E-state index is -0.727.